The van der Waals surface area contributed by atoms with Crippen LogP contribution in [0.25, 0.3) is 0 Å². The lowest BCUT2D eigenvalue weighted by Crippen LogP contribution is -2.39. The second-order valence-electron chi connectivity index (χ2n) is 6.96. The van der Waals surface area contributed by atoms with E-state index in [4.69, 9.17) is 4.74 Å². The maximum absolute atomic E-state index is 12.3. The second kappa shape index (κ2) is 6.16. The van der Waals surface area contributed by atoms with E-state index in [-0.39, 0.29) is 36.1 Å². The highest BCUT2D eigenvalue weighted by Gasteiger charge is 2.32. The van der Waals surface area contributed by atoms with Gasteiger partial charge in [0, 0.05) is 6.07 Å². The minimum Gasteiger partial charge on any atom is -0.477 e. The number of hydrogen-bond acceptors (Lipinski definition) is 5. The largest absolute Gasteiger partial charge is 0.477 e. The number of aromatic nitrogens is 1. The van der Waals surface area contributed by atoms with Gasteiger partial charge in [0.1, 0.15) is 0 Å². The molecule has 0 saturated carbocycles. The molecule has 0 aliphatic carbocycles. The third kappa shape index (κ3) is 3.45. The van der Waals surface area contributed by atoms with Crippen molar-refractivity contribution < 1.29 is 14.5 Å². The van der Waals surface area contributed by atoms with Crippen LogP contribution in [0.2, 0.25) is 0 Å². The highest BCUT2D eigenvalue weighted by Crippen LogP contribution is 2.33. The molecule has 1 aromatic carbocycles. The van der Waals surface area contributed by atoms with Gasteiger partial charge in [-0.05, 0) is 32.5 Å². The number of amides is 1. The van der Waals surface area contributed by atoms with Gasteiger partial charge in [0.15, 0.2) is 12.4 Å². The summed E-state index contributed by atoms with van der Waals surface area (Å²) in [5.41, 5.74) is 2.16. The van der Waals surface area contributed by atoms with E-state index in [1.165, 1.54) is 22.6 Å². The van der Waals surface area contributed by atoms with E-state index in [0.29, 0.717) is 5.75 Å². The fourth-order valence-electron chi connectivity index (χ4n) is 2.62. The third-order valence-electron chi connectivity index (χ3n) is 4.08. The summed E-state index contributed by atoms with van der Waals surface area (Å²) in [5.74, 6) is -0.0348. The topological polar surface area (TPSA) is 85.6 Å². The molecule has 1 aliphatic heterocycles. The average molecular weight is 341 g/mol. The van der Waals surface area contributed by atoms with Crippen LogP contribution in [0.15, 0.2) is 36.4 Å². The van der Waals surface area contributed by atoms with Crippen molar-refractivity contribution in [2.45, 2.75) is 32.7 Å². The first-order valence-corrected chi connectivity index (χ1v) is 7.94. The minimum absolute atomic E-state index is 0.0437. The third-order valence-corrected chi connectivity index (χ3v) is 4.08. The van der Waals surface area contributed by atoms with Crippen LogP contribution in [0, 0.1) is 10.1 Å². The molecule has 1 amide bonds. The monoisotopic (exact) mass is 341 g/mol. The molecule has 3 rings (SSSR count). The lowest BCUT2D eigenvalue weighted by Gasteiger charge is -2.26. The Balaban J connectivity index is 1.91. The summed E-state index contributed by atoms with van der Waals surface area (Å²) in [5, 5.41) is 11.0. The number of nitrogens with zero attached hydrogens (tertiary/aromatic N) is 3. The lowest BCUT2D eigenvalue weighted by molar-refractivity contribution is -0.389. The maximum Gasteiger partial charge on any atom is 0.366 e. The number of benzene rings is 1. The van der Waals surface area contributed by atoms with Gasteiger partial charge in [-0.25, -0.2) is 0 Å². The van der Waals surface area contributed by atoms with E-state index < -0.39 is 4.92 Å². The number of fused-ring (bicyclic) bond motifs is 1. The number of anilines is 1. The Morgan fingerprint density at radius 3 is 2.48 bits per heavy atom. The van der Waals surface area contributed by atoms with Gasteiger partial charge < -0.3 is 14.9 Å². The van der Waals surface area contributed by atoms with E-state index in [1.54, 1.807) is 0 Å². The van der Waals surface area contributed by atoms with Gasteiger partial charge in [0.25, 0.3) is 11.7 Å². The van der Waals surface area contributed by atoms with Crippen LogP contribution in [0.4, 0.5) is 11.6 Å². The molecule has 0 radical (unpaired) electrons. The van der Waals surface area contributed by atoms with E-state index in [9.17, 15) is 14.9 Å². The number of pyridine rings is 1. The van der Waals surface area contributed by atoms with Crippen molar-refractivity contribution in [3.05, 3.63) is 57.6 Å². The summed E-state index contributed by atoms with van der Waals surface area (Å²) in [6, 6.07) is 10.7. The summed E-state index contributed by atoms with van der Waals surface area (Å²) in [6.45, 7) is 6.58. The van der Waals surface area contributed by atoms with Crippen LogP contribution in [-0.2, 0) is 16.8 Å². The molecule has 0 bridgehead atoms. The fraction of sp³-hybridized carbons (Fsp3) is 0.333. The normalized spacial score (nSPS) is 14.0. The maximum atomic E-state index is 12.3. The van der Waals surface area contributed by atoms with E-state index >= 15 is 0 Å². The van der Waals surface area contributed by atoms with E-state index in [1.807, 2.05) is 24.3 Å². The molecule has 1 aliphatic rings. The molecule has 2 aromatic rings. The van der Waals surface area contributed by atoms with Crippen molar-refractivity contribution in [3.63, 3.8) is 0 Å². The van der Waals surface area contributed by atoms with E-state index in [2.05, 4.69) is 25.8 Å². The summed E-state index contributed by atoms with van der Waals surface area (Å²) in [7, 11) is 0. The Hall–Kier alpha value is -2.96. The predicted molar refractivity (Wildman–Crippen MR) is 92.7 cm³/mol. The van der Waals surface area contributed by atoms with Crippen LogP contribution in [0.1, 0.15) is 31.9 Å². The fourth-order valence-corrected chi connectivity index (χ4v) is 2.62. The molecule has 0 fully saturated rings. The van der Waals surface area contributed by atoms with Crippen molar-refractivity contribution in [3.8, 4) is 5.75 Å². The predicted octanol–water partition coefficient (Wildman–Crippen LogP) is 3.21. The highest BCUT2D eigenvalue weighted by molar-refractivity contribution is 5.96. The van der Waals surface area contributed by atoms with Crippen molar-refractivity contribution in [1.29, 1.82) is 0 Å². The molecule has 0 atom stereocenters. The number of hydrogen-bond donors (Lipinski definition) is 0. The summed E-state index contributed by atoms with van der Waals surface area (Å²) >= 11 is 0. The van der Waals surface area contributed by atoms with Crippen molar-refractivity contribution >= 4 is 17.5 Å². The van der Waals surface area contributed by atoms with Gasteiger partial charge in [-0.1, -0.05) is 45.0 Å². The van der Waals surface area contributed by atoms with E-state index in [0.717, 1.165) is 5.56 Å². The molecule has 25 heavy (non-hydrogen) atoms. The Kier molecular flexibility index (Phi) is 4.16. The molecular weight excluding hydrogens is 322 g/mol. The number of carbonyl (C=O) groups excluding carboxylic acids is 1. The Morgan fingerprint density at radius 2 is 1.88 bits per heavy atom. The molecule has 0 N–H and O–H groups in total. The van der Waals surface area contributed by atoms with Crippen LogP contribution < -0.4 is 9.64 Å². The average Bonchev–Trinajstić information content (AvgIpc) is 2.56. The molecule has 1 aromatic heterocycles. The molecule has 0 spiro atoms. The molecule has 7 heteroatoms. The molecular formula is C18H19N3O4. The standard InChI is InChI=1S/C18H19N3O4/c1-18(2,3)13-6-4-12(5-7-13)10-20-16(22)11-25-14-8-9-15(21(23)24)19-17(14)20/h4-9H,10-11H2,1-3H3. The van der Waals surface area contributed by atoms with Gasteiger partial charge in [-0.3, -0.25) is 9.69 Å². The summed E-state index contributed by atoms with van der Waals surface area (Å²) in [4.78, 5) is 28.0. The van der Waals surface area contributed by atoms with Crippen molar-refractivity contribution in [2.75, 3.05) is 11.5 Å². The number of nitro groups is 1. The first-order chi connectivity index (χ1) is 11.8. The first-order valence-electron chi connectivity index (χ1n) is 7.94. The number of ether oxygens (including phenoxy) is 1. The number of carbonyl (C=O) groups is 1. The van der Waals surface area contributed by atoms with Crippen LogP contribution in [0.3, 0.4) is 0 Å². The Bertz CT molecular complexity index is 825. The van der Waals surface area contributed by atoms with Gasteiger partial charge in [0.05, 0.1) is 6.54 Å². The SMILES string of the molecule is CC(C)(C)c1ccc(CN2C(=O)COc3ccc([N+](=O)[O-])nc32)cc1. The quantitative estimate of drug-likeness (QED) is 0.632. The highest BCUT2D eigenvalue weighted by atomic mass is 16.6. The van der Waals surface area contributed by atoms with Gasteiger partial charge in [0.2, 0.25) is 0 Å². The van der Waals surface area contributed by atoms with Gasteiger partial charge in [-0.15, -0.1) is 0 Å². The summed E-state index contributed by atoms with van der Waals surface area (Å²) in [6.07, 6.45) is 0. The molecule has 7 nitrogen and oxygen atoms in total. The number of rotatable bonds is 3. The lowest BCUT2D eigenvalue weighted by atomic mass is 9.87. The summed E-state index contributed by atoms with van der Waals surface area (Å²) < 4.78 is 5.33. The van der Waals surface area contributed by atoms with Crippen molar-refractivity contribution in [2.24, 2.45) is 0 Å². The van der Waals surface area contributed by atoms with Crippen LogP contribution in [-0.4, -0.2) is 22.4 Å². The van der Waals surface area contributed by atoms with Crippen molar-refractivity contribution in [1.82, 2.24) is 4.98 Å². The zero-order valence-electron chi connectivity index (χ0n) is 14.4. The minimum atomic E-state index is -0.588. The van der Waals surface area contributed by atoms with Crippen LogP contribution >= 0.6 is 0 Å². The molecule has 0 unspecified atom stereocenters. The molecule has 2 heterocycles. The zero-order chi connectivity index (χ0) is 18.2. The van der Waals surface area contributed by atoms with Crippen LogP contribution in [0.5, 0.6) is 5.75 Å². The first kappa shape index (κ1) is 16.9. The van der Waals surface area contributed by atoms with Gasteiger partial charge >= 0.3 is 5.82 Å². The Morgan fingerprint density at radius 1 is 1.20 bits per heavy atom. The Labute approximate surface area is 145 Å². The van der Waals surface area contributed by atoms with Gasteiger partial charge in [-0.2, -0.15) is 0 Å². The second-order valence-corrected chi connectivity index (χ2v) is 6.96. The smallest absolute Gasteiger partial charge is 0.366 e. The zero-order valence-corrected chi connectivity index (χ0v) is 14.4. The molecule has 0 saturated heterocycles. The molecule has 130 valence electrons.